The molecule has 4 rings (SSSR count). The fraction of sp³-hybridized carbons (Fsp3) is 0.154. The quantitative estimate of drug-likeness (QED) is 0.355. The van der Waals surface area contributed by atoms with E-state index in [9.17, 15) is 0 Å². The van der Waals surface area contributed by atoms with Crippen molar-refractivity contribution in [3.05, 3.63) is 96.6 Å². The zero-order chi connectivity index (χ0) is 19.3. The highest BCUT2D eigenvalue weighted by molar-refractivity contribution is 5.98. The van der Waals surface area contributed by atoms with Crippen molar-refractivity contribution in [1.29, 1.82) is 0 Å². The van der Waals surface area contributed by atoms with Crippen LogP contribution in [0.5, 0.6) is 5.75 Å². The maximum atomic E-state index is 5.35. The summed E-state index contributed by atoms with van der Waals surface area (Å²) in [7, 11) is 1.70. The minimum absolute atomic E-state index is 0.861. The van der Waals surface area contributed by atoms with Gasteiger partial charge in [0, 0.05) is 16.8 Å². The van der Waals surface area contributed by atoms with Gasteiger partial charge in [0.25, 0.3) is 0 Å². The molecule has 0 saturated carbocycles. The Bertz CT molecular complexity index is 1050. The SMILES string of the molecule is CCCc1ccc(N(c2ccc(OC)cc2)c2cccc3ccccc23)cc1. The number of benzene rings is 4. The first-order valence-electron chi connectivity index (χ1n) is 9.81. The van der Waals surface area contributed by atoms with E-state index in [2.05, 4.69) is 90.7 Å². The molecule has 2 heteroatoms. The zero-order valence-corrected chi connectivity index (χ0v) is 16.4. The lowest BCUT2D eigenvalue weighted by Crippen LogP contribution is -2.10. The fourth-order valence-electron chi connectivity index (χ4n) is 3.66. The number of methoxy groups -OCH3 is 1. The molecule has 0 fully saturated rings. The number of hydrogen-bond acceptors (Lipinski definition) is 2. The average molecular weight is 367 g/mol. The van der Waals surface area contributed by atoms with Crippen molar-refractivity contribution in [3.63, 3.8) is 0 Å². The summed E-state index contributed by atoms with van der Waals surface area (Å²) < 4.78 is 5.35. The van der Waals surface area contributed by atoms with E-state index in [4.69, 9.17) is 4.74 Å². The summed E-state index contributed by atoms with van der Waals surface area (Å²) in [5, 5.41) is 2.47. The van der Waals surface area contributed by atoms with Crippen molar-refractivity contribution >= 4 is 27.8 Å². The van der Waals surface area contributed by atoms with Crippen molar-refractivity contribution in [3.8, 4) is 5.75 Å². The molecule has 0 saturated heterocycles. The van der Waals surface area contributed by atoms with E-state index < -0.39 is 0 Å². The Morgan fingerprint density at radius 1 is 0.714 bits per heavy atom. The highest BCUT2D eigenvalue weighted by atomic mass is 16.5. The first-order valence-corrected chi connectivity index (χ1v) is 9.81. The van der Waals surface area contributed by atoms with E-state index in [1.54, 1.807) is 7.11 Å². The van der Waals surface area contributed by atoms with Crippen LogP contribution in [0, 0.1) is 0 Å². The van der Waals surface area contributed by atoms with Gasteiger partial charge in [0.2, 0.25) is 0 Å². The normalized spacial score (nSPS) is 10.8. The number of anilines is 3. The highest BCUT2D eigenvalue weighted by Gasteiger charge is 2.15. The van der Waals surface area contributed by atoms with Crippen molar-refractivity contribution in [2.75, 3.05) is 12.0 Å². The van der Waals surface area contributed by atoms with Crippen molar-refractivity contribution in [1.82, 2.24) is 0 Å². The second kappa shape index (κ2) is 8.18. The van der Waals surface area contributed by atoms with Gasteiger partial charge in [-0.2, -0.15) is 0 Å². The predicted molar refractivity (Wildman–Crippen MR) is 119 cm³/mol. The van der Waals surface area contributed by atoms with E-state index in [0.29, 0.717) is 0 Å². The largest absolute Gasteiger partial charge is 0.497 e. The number of rotatable bonds is 6. The molecule has 0 aliphatic rings. The molecule has 0 amide bonds. The fourth-order valence-corrected chi connectivity index (χ4v) is 3.66. The molecule has 140 valence electrons. The smallest absolute Gasteiger partial charge is 0.119 e. The summed E-state index contributed by atoms with van der Waals surface area (Å²) in [5.41, 5.74) is 4.81. The van der Waals surface area contributed by atoms with Gasteiger partial charge < -0.3 is 9.64 Å². The van der Waals surface area contributed by atoms with Crippen molar-refractivity contribution < 1.29 is 4.74 Å². The van der Waals surface area contributed by atoms with Gasteiger partial charge in [0.15, 0.2) is 0 Å². The van der Waals surface area contributed by atoms with Crippen LogP contribution < -0.4 is 9.64 Å². The monoisotopic (exact) mass is 367 g/mol. The molecule has 0 heterocycles. The molecule has 0 spiro atoms. The predicted octanol–water partition coefficient (Wildman–Crippen LogP) is 7.27. The third-order valence-corrected chi connectivity index (χ3v) is 5.07. The van der Waals surface area contributed by atoms with E-state index in [0.717, 1.165) is 30.0 Å². The Morgan fingerprint density at radius 2 is 1.36 bits per heavy atom. The van der Waals surface area contributed by atoms with Crippen LogP contribution in [0.1, 0.15) is 18.9 Å². The van der Waals surface area contributed by atoms with Gasteiger partial charge in [-0.25, -0.2) is 0 Å². The second-order valence-electron chi connectivity index (χ2n) is 6.95. The van der Waals surface area contributed by atoms with Crippen LogP contribution in [-0.2, 0) is 6.42 Å². The molecule has 0 aromatic heterocycles. The van der Waals surface area contributed by atoms with Crippen LogP contribution >= 0.6 is 0 Å². The Balaban J connectivity index is 1.87. The topological polar surface area (TPSA) is 12.5 Å². The Hall–Kier alpha value is -3.26. The number of nitrogens with zero attached hydrogens (tertiary/aromatic N) is 1. The third kappa shape index (κ3) is 3.59. The Morgan fingerprint density at radius 3 is 2.04 bits per heavy atom. The lowest BCUT2D eigenvalue weighted by atomic mass is 10.1. The summed E-state index contributed by atoms with van der Waals surface area (Å²) in [5.74, 6) is 0.861. The van der Waals surface area contributed by atoms with Crippen LogP contribution in [0.2, 0.25) is 0 Å². The van der Waals surface area contributed by atoms with E-state index in [1.807, 2.05) is 12.1 Å². The minimum Gasteiger partial charge on any atom is -0.497 e. The number of ether oxygens (including phenoxy) is 1. The molecule has 0 atom stereocenters. The van der Waals surface area contributed by atoms with Crippen LogP contribution in [0.15, 0.2) is 91.0 Å². The van der Waals surface area contributed by atoms with E-state index >= 15 is 0 Å². The minimum atomic E-state index is 0.861. The summed E-state index contributed by atoms with van der Waals surface area (Å²) >= 11 is 0. The maximum Gasteiger partial charge on any atom is 0.119 e. The number of hydrogen-bond donors (Lipinski definition) is 0. The highest BCUT2D eigenvalue weighted by Crippen LogP contribution is 2.39. The van der Waals surface area contributed by atoms with Gasteiger partial charge in [-0.05, 0) is 59.8 Å². The van der Waals surface area contributed by atoms with E-state index in [-0.39, 0.29) is 0 Å². The van der Waals surface area contributed by atoms with Crippen molar-refractivity contribution in [2.45, 2.75) is 19.8 Å². The summed E-state index contributed by atoms with van der Waals surface area (Å²) in [6, 6.07) is 32.2. The maximum absolute atomic E-state index is 5.35. The van der Waals surface area contributed by atoms with E-state index in [1.165, 1.54) is 22.0 Å². The van der Waals surface area contributed by atoms with Crippen LogP contribution in [-0.4, -0.2) is 7.11 Å². The summed E-state index contributed by atoms with van der Waals surface area (Å²) in [4.78, 5) is 2.32. The summed E-state index contributed by atoms with van der Waals surface area (Å²) in [6.07, 6.45) is 2.27. The molecule has 2 nitrogen and oxygen atoms in total. The molecular formula is C26H25NO. The molecular weight excluding hydrogens is 342 g/mol. The molecule has 0 unspecified atom stereocenters. The first-order chi connectivity index (χ1) is 13.8. The first kappa shape index (κ1) is 18.1. The molecule has 0 N–H and O–H groups in total. The van der Waals surface area contributed by atoms with Crippen LogP contribution in [0.4, 0.5) is 17.1 Å². The number of aryl methyl sites for hydroxylation is 1. The molecule has 0 aliphatic carbocycles. The molecule has 4 aromatic rings. The van der Waals surface area contributed by atoms with Gasteiger partial charge in [0.05, 0.1) is 12.8 Å². The van der Waals surface area contributed by atoms with Gasteiger partial charge in [0.1, 0.15) is 5.75 Å². The second-order valence-corrected chi connectivity index (χ2v) is 6.95. The molecule has 0 aliphatic heterocycles. The molecule has 0 bridgehead atoms. The average Bonchev–Trinajstić information content (AvgIpc) is 2.76. The molecule has 0 radical (unpaired) electrons. The lowest BCUT2D eigenvalue weighted by Gasteiger charge is -2.27. The van der Waals surface area contributed by atoms with Crippen molar-refractivity contribution in [2.24, 2.45) is 0 Å². The van der Waals surface area contributed by atoms with Crippen LogP contribution in [0.3, 0.4) is 0 Å². The zero-order valence-electron chi connectivity index (χ0n) is 16.4. The number of fused-ring (bicyclic) bond motifs is 1. The van der Waals surface area contributed by atoms with Gasteiger partial charge in [-0.15, -0.1) is 0 Å². The van der Waals surface area contributed by atoms with Gasteiger partial charge >= 0.3 is 0 Å². The van der Waals surface area contributed by atoms with Crippen LogP contribution in [0.25, 0.3) is 10.8 Å². The molecule has 4 aromatic carbocycles. The van der Waals surface area contributed by atoms with Gasteiger partial charge in [-0.1, -0.05) is 61.9 Å². The van der Waals surface area contributed by atoms with Gasteiger partial charge in [-0.3, -0.25) is 0 Å². The molecule has 28 heavy (non-hydrogen) atoms. The lowest BCUT2D eigenvalue weighted by molar-refractivity contribution is 0.415. The summed E-state index contributed by atoms with van der Waals surface area (Å²) in [6.45, 7) is 2.22. The standard InChI is InChI=1S/C26H25NO/c1-3-7-20-12-14-22(15-13-20)27(23-16-18-24(28-2)19-17-23)26-11-6-9-21-8-4-5-10-25(21)26/h4-6,8-19H,3,7H2,1-2H3. The Labute approximate surface area is 167 Å². The Kier molecular flexibility index (Phi) is 5.29. The third-order valence-electron chi connectivity index (χ3n) is 5.07.